The molecule has 0 unspecified atom stereocenters. The van der Waals surface area contributed by atoms with Gasteiger partial charge in [0.15, 0.2) is 0 Å². The van der Waals surface area contributed by atoms with Crippen molar-refractivity contribution in [3.05, 3.63) is 130 Å². The molecule has 2 atom stereocenters. The molecule has 0 saturated heterocycles. The molecule has 226 valence electrons. The maximum atomic E-state index is 11.6. The van der Waals surface area contributed by atoms with Crippen molar-refractivity contribution in [2.75, 3.05) is 0 Å². The fourth-order valence-corrected chi connectivity index (χ4v) is 6.01. The molecule has 2 heteroatoms. The van der Waals surface area contributed by atoms with Crippen molar-refractivity contribution in [3.63, 3.8) is 0 Å². The number of aldehydes is 1. The van der Waals surface area contributed by atoms with E-state index in [2.05, 4.69) is 123 Å². The molecule has 0 aliphatic heterocycles. The van der Waals surface area contributed by atoms with Crippen LogP contribution in [-0.4, -0.2) is 17.5 Å². The first kappa shape index (κ1) is 35.0. The highest BCUT2D eigenvalue weighted by atomic mass is 16.3. The van der Waals surface area contributed by atoms with Gasteiger partial charge in [-0.05, 0) is 88.2 Å². The summed E-state index contributed by atoms with van der Waals surface area (Å²) in [5, 5.41) is 10.1. The number of carbonyl (C=O) groups is 1. The molecule has 0 saturated carbocycles. The summed E-state index contributed by atoms with van der Waals surface area (Å²) in [6.07, 6.45) is 35.6. The minimum atomic E-state index is -0.232. The van der Waals surface area contributed by atoms with Gasteiger partial charge in [0.1, 0.15) is 6.29 Å². The van der Waals surface area contributed by atoms with Crippen LogP contribution in [0.2, 0.25) is 0 Å². The first-order chi connectivity index (χ1) is 19.7. The van der Waals surface area contributed by atoms with Crippen LogP contribution in [0.25, 0.3) is 0 Å². The molecule has 0 aromatic carbocycles. The second-order valence-corrected chi connectivity index (χ2v) is 13.4. The molecule has 0 aromatic rings. The van der Waals surface area contributed by atoms with Gasteiger partial charge in [0.2, 0.25) is 0 Å². The van der Waals surface area contributed by atoms with Crippen LogP contribution in [0.3, 0.4) is 0 Å². The Morgan fingerprint density at radius 3 is 2.02 bits per heavy atom. The van der Waals surface area contributed by atoms with E-state index >= 15 is 0 Å². The molecule has 2 aliphatic rings. The molecule has 0 heterocycles. The highest BCUT2D eigenvalue weighted by molar-refractivity contribution is 5.73. The molecule has 0 aromatic heterocycles. The van der Waals surface area contributed by atoms with E-state index in [1.165, 1.54) is 27.9 Å². The zero-order valence-corrected chi connectivity index (χ0v) is 27.6. The number of hydrogen-bond donors (Lipinski definition) is 1. The zero-order valence-electron chi connectivity index (χ0n) is 27.6. The summed E-state index contributed by atoms with van der Waals surface area (Å²) in [7, 11) is 0. The smallest absolute Gasteiger partial charge is 0.146 e. The van der Waals surface area contributed by atoms with E-state index in [1.807, 2.05) is 30.4 Å². The van der Waals surface area contributed by atoms with Crippen LogP contribution in [0, 0.1) is 16.7 Å². The minimum Gasteiger partial charge on any atom is -0.393 e. The summed E-state index contributed by atoms with van der Waals surface area (Å²) >= 11 is 0. The van der Waals surface area contributed by atoms with Crippen LogP contribution in [0.1, 0.15) is 88.0 Å². The minimum absolute atomic E-state index is 0.000967. The van der Waals surface area contributed by atoms with Crippen LogP contribution in [0.5, 0.6) is 0 Å². The summed E-state index contributed by atoms with van der Waals surface area (Å²) in [4.78, 5) is 11.6. The first-order valence-electron chi connectivity index (χ1n) is 15.4. The third kappa shape index (κ3) is 11.6. The van der Waals surface area contributed by atoms with Crippen molar-refractivity contribution in [1.29, 1.82) is 0 Å². The Balaban J connectivity index is 1.88. The standard InChI is InChI=1S/C40H54O2/c1-30(17-12-18-32(3)22-24-38-34(5)27-36(42)28-40(38,8)9)15-10-11-16-31(2)19-13-21-35(29-41)23-25-37-33(4)20-14-26-39(37,6)7/h10-22,24,26,29,36-37,42H,23,25,27-28H2,1-9H3/b11-10+,17-12+,19-13+,24-22+,30-15+,31-16+,32-18+,35-21-/t36-,37+/m1/s1. The van der Waals surface area contributed by atoms with Crippen LogP contribution in [-0.2, 0) is 4.79 Å². The molecule has 42 heavy (non-hydrogen) atoms. The largest absolute Gasteiger partial charge is 0.393 e. The Kier molecular flexibility index (Phi) is 13.7. The quantitative estimate of drug-likeness (QED) is 0.145. The van der Waals surface area contributed by atoms with Crippen LogP contribution < -0.4 is 0 Å². The van der Waals surface area contributed by atoms with Gasteiger partial charge in [-0.15, -0.1) is 0 Å². The van der Waals surface area contributed by atoms with E-state index in [4.69, 9.17) is 0 Å². The summed E-state index contributed by atoms with van der Waals surface area (Å²) < 4.78 is 0. The van der Waals surface area contributed by atoms with Crippen molar-refractivity contribution in [1.82, 2.24) is 0 Å². The highest BCUT2D eigenvalue weighted by Crippen LogP contribution is 2.41. The lowest BCUT2D eigenvalue weighted by Gasteiger charge is -2.35. The van der Waals surface area contributed by atoms with Crippen LogP contribution in [0.4, 0.5) is 0 Å². The SMILES string of the molecule is CC1=CC=CC(C)(C)[C@H]1CC/C(C=O)=C/C=C/C(C)=C/C=C/C=C(C)/C=C/C=C(C)/C=C/C1=C(C)C[C@@H](O)CC1(C)C. The Labute approximate surface area is 256 Å². The van der Waals surface area contributed by atoms with Crippen molar-refractivity contribution in [2.24, 2.45) is 16.7 Å². The van der Waals surface area contributed by atoms with Gasteiger partial charge in [-0.3, -0.25) is 4.79 Å². The van der Waals surface area contributed by atoms with Gasteiger partial charge in [-0.1, -0.05) is 147 Å². The average molecular weight is 567 g/mol. The van der Waals surface area contributed by atoms with Crippen LogP contribution >= 0.6 is 0 Å². The van der Waals surface area contributed by atoms with Gasteiger partial charge in [-0.25, -0.2) is 0 Å². The van der Waals surface area contributed by atoms with Crippen molar-refractivity contribution in [3.8, 4) is 0 Å². The number of aliphatic hydroxyl groups is 1. The summed E-state index contributed by atoms with van der Waals surface area (Å²) in [6.45, 7) is 19.6. The van der Waals surface area contributed by atoms with Crippen LogP contribution in [0.15, 0.2) is 130 Å². The van der Waals surface area contributed by atoms with E-state index < -0.39 is 0 Å². The molecule has 0 fully saturated rings. The number of allylic oxidation sites excluding steroid dienone is 21. The molecule has 0 radical (unpaired) electrons. The van der Waals surface area contributed by atoms with E-state index in [0.29, 0.717) is 5.92 Å². The molecule has 0 amide bonds. The Hall–Kier alpha value is -3.23. The normalized spacial score (nSPS) is 24.1. The fourth-order valence-electron chi connectivity index (χ4n) is 6.01. The van der Waals surface area contributed by atoms with E-state index in [-0.39, 0.29) is 16.9 Å². The fraction of sp³-hybridized carbons (Fsp3) is 0.425. The number of hydrogen-bond acceptors (Lipinski definition) is 2. The third-order valence-corrected chi connectivity index (χ3v) is 8.41. The predicted octanol–water partition coefficient (Wildman–Crippen LogP) is 10.6. The second kappa shape index (κ2) is 16.4. The third-order valence-electron chi connectivity index (χ3n) is 8.41. The summed E-state index contributed by atoms with van der Waals surface area (Å²) in [5.41, 5.74) is 8.46. The lowest BCUT2D eigenvalue weighted by atomic mass is 9.70. The summed E-state index contributed by atoms with van der Waals surface area (Å²) in [6, 6.07) is 0. The number of aliphatic hydroxyl groups excluding tert-OH is 1. The topological polar surface area (TPSA) is 37.3 Å². The van der Waals surface area contributed by atoms with Crippen molar-refractivity contribution in [2.45, 2.75) is 94.1 Å². The molecular formula is C40H54O2. The highest BCUT2D eigenvalue weighted by Gasteiger charge is 2.31. The maximum absolute atomic E-state index is 11.6. The van der Waals surface area contributed by atoms with Gasteiger partial charge in [0, 0.05) is 0 Å². The molecule has 2 nitrogen and oxygen atoms in total. The van der Waals surface area contributed by atoms with E-state index in [0.717, 1.165) is 43.1 Å². The van der Waals surface area contributed by atoms with E-state index in [1.54, 1.807) is 0 Å². The lowest BCUT2D eigenvalue weighted by Crippen LogP contribution is -2.28. The second-order valence-electron chi connectivity index (χ2n) is 13.4. The Bertz CT molecular complexity index is 1290. The molecule has 0 bridgehead atoms. The number of rotatable bonds is 12. The van der Waals surface area contributed by atoms with Gasteiger partial charge in [-0.2, -0.15) is 0 Å². The molecule has 1 N–H and O–H groups in total. The van der Waals surface area contributed by atoms with Crippen molar-refractivity contribution < 1.29 is 9.90 Å². The summed E-state index contributed by atoms with van der Waals surface area (Å²) in [5.74, 6) is 0.461. The van der Waals surface area contributed by atoms with Crippen molar-refractivity contribution >= 4 is 6.29 Å². The average Bonchev–Trinajstić information content (AvgIpc) is 2.88. The Morgan fingerprint density at radius 2 is 1.45 bits per heavy atom. The van der Waals surface area contributed by atoms with Gasteiger partial charge >= 0.3 is 0 Å². The van der Waals surface area contributed by atoms with Gasteiger partial charge in [0.25, 0.3) is 0 Å². The molecule has 0 spiro atoms. The predicted molar refractivity (Wildman–Crippen MR) is 183 cm³/mol. The monoisotopic (exact) mass is 566 g/mol. The maximum Gasteiger partial charge on any atom is 0.146 e. The first-order valence-corrected chi connectivity index (χ1v) is 15.4. The molecule has 2 aliphatic carbocycles. The van der Waals surface area contributed by atoms with Gasteiger partial charge in [0.05, 0.1) is 6.10 Å². The van der Waals surface area contributed by atoms with Gasteiger partial charge < -0.3 is 5.11 Å². The molecule has 2 rings (SSSR count). The lowest BCUT2D eigenvalue weighted by molar-refractivity contribution is -0.105. The number of carbonyl (C=O) groups excluding carboxylic acids is 1. The Morgan fingerprint density at radius 1 is 0.881 bits per heavy atom. The zero-order chi connectivity index (χ0) is 31.3. The van der Waals surface area contributed by atoms with E-state index in [9.17, 15) is 9.90 Å². The molecular weight excluding hydrogens is 512 g/mol.